The number of unbranched alkanes of at least 4 members (excludes halogenated alkanes) is 1. The van der Waals surface area contributed by atoms with E-state index in [-0.39, 0.29) is 24.3 Å². The number of benzene rings is 1. The number of methoxy groups -OCH3 is 1. The molecule has 138 valence electrons. The molecule has 0 unspecified atom stereocenters. The third-order valence-electron chi connectivity index (χ3n) is 4.49. The molecule has 0 aliphatic carbocycles. The number of hydrogen-bond donors (Lipinski definition) is 2. The summed E-state index contributed by atoms with van der Waals surface area (Å²) in [5, 5.41) is 9.89. The smallest absolute Gasteiger partial charge is 0.272 e. The van der Waals surface area contributed by atoms with Gasteiger partial charge in [0.05, 0.1) is 13.2 Å². The third kappa shape index (κ3) is 4.04. The number of amides is 2. The number of aromatic nitrogens is 2. The van der Waals surface area contributed by atoms with E-state index in [0.29, 0.717) is 18.0 Å². The summed E-state index contributed by atoms with van der Waals surface area (Å²) in [7, 11) is 1.59. The second-order valence-corrected chi connectivity index (χ2v) is 6.46. The van der Waals surface area contributed by atoms with Crippen LogP contribution in [0.2, 0.25) is 0 Å². The van der Waals surface area contributed by atoms with Crippen LogP contribution in [0.15, 0.2) is 30.3 Å². The van der Waals surface area contributed by atoms with Crippen LogP contribution in [0.4, 0.5) is 5.69 Å². The van der Waals surface area contributed by atoms with E-state index in [1.807, 2.05) is 24.3 Å². The Morgan fingerprint density at radius 1 is 1.42 bits per heavy atom. The predicted octanol–water partition coefficient (Wildman–Crippen LogP) is 2.30. The monoisotopic (exact) mass is 356 g/mol. The summed E-state index contributed by atoms with van der Waals surface area (Å²) < 4.78 is 5.21. The fourth-order valence-corrected chi connectivity index (χ4v) is 3.06. The van der Waals surface area contributed by atoms with E-state index >= 15 is 0 Å². The molecule has 0 bridgehead atoms. The average Bonchev–Trinajstić information content (AvgIpc) is 3.26. The lowest BCUT2D eigenvalue weighted by molar-refractivity contribution is -0.117. The summed E-state index contributed by atoms with van der Waals surface area (Å²) in [6, 6.07) is 8.89. The van der Waals surface area contributed by atoms with Crippen LogP contribution in [0.25, 0.3) is 0 Å². The lowest BCUT2D eigenvalue weighted by Gasteiger charge is -2.17. The minimum Gasteiger partial charge on any atom is -0.497 e. The van der Waals surface area contributed by atoms with Gasteiger partial charge in [-0.1, -0.05) is 19.4 Å². The van der Waals surface area contributed by atoms with E-state index in [1.54, 1.807) is 18.1 Å². The van der Waals surface area contributed by atoms with Crippen molar-refractivity contribution in [1.29, 1.82) is 0 Å². The van der Waals surface area contributed by atoms with Crippen molar-refractivity contribution in [3.63, 3.8) is 0 Å². The molecule has 2 amide bonds. The predicted molar refractivity (Wildman–Crippen MR) is 98.4 cm³/mol. The van der Waals surface area contributed by atoms with Crippen LogP contribution in [-0.2, 0) is 11.2 Å². The Kier molecular flexibility index (Phi) is 5.55. The molecule has 2 aromatic rings. The third-order valence-corrected chi connectivity index (χ3v) is 4.49. The second-order valence-electron chi connectivity index (χ2n) is 6.46. The van der Waals surface area contributed by atoms with Gasteiger partial charge in [0, 0.05) is 30.4 Å². The van der Waals surface area contributed by atoms with E-state index in [0.717, 1.165) is 30.6 Å². The molecule has 3 rings (SSSR count). The SMILES string of the molecule is CCCCc1cc(C(=O)N[C@H]2CC(=O)N(c3cccc(OC)c3)C2)n[nH]1. The van der Waals surface area contributed by atoms with Crippen molar-refractivity contribution in [3.05, 3.63) is 41.7 Å². The van der Waals surface area contributed by atoms with Crippen molar-refractivity contribution >= 4 is 17.5 Å². The van der Waals surface area contributed by atoms with Gasteiger partial charge in [-0.3, -0.25) is 14.7 Å². The number of anilines is 1. The molecule has 1 aliphatic rings. The highest BCUT2D eigenvalue weighted by molar-refractivity contribution is 5.98. The molecule has 26 heavy (non-hydrogen) atoms. The Morgan fingerprint density at radius 3 is 3.04 bits per heavy atom. The van der Waals surface area contributed by atoms with Crippen LogP contribution in [-0.4, -0.2) is 41.7 Å². The van der Waals surface area contributed by atoms with Crippen LogP contribution >= 0.6 is 0 Å². The first-order chi connectivity index (χ1) is 12.6. The average molecular weight is 356 g/mol. The van der Waals surface area contributed by atoms with Gasteiger partial charge in [0.15, 0.2) is 0 Å². The largest absolute Gasteiger partial charge is 0.497 e. The highest BCUT2D eigenvalue weighted by Crippen LogP contribution is 2.25. The minimum absolute atomic E-state index is 0.0192. The van der Waals surface area contributed by atoms with Crippen molar-refractivity contribution < 1.29 is 14.3 Å². The molecular formula is C19H24N4O3. The number of ether oxygens (including phenoxy) is 1. The zero-order valence-electron chi connectivity index (χ0n) is 15.1. The number of carbonyl (C=O) groups is 2. The summed E-state index contributed by atoms with van der Waals surface area (Å²) in [6.07, 6.45) is 3.29. The second kappa shape index (κ2) is 8.03. The Morgan fingerprint density at radius 2 is 2.27 bits per heavy atom. The maximum atomic E-state index is 12.4. The van der Waals surface area contributed by atoms with Crippen molar-refractivity contribution in [2.45, 2.75) is 38.6 Å². The molecule has 7 heteroatoms. The Hall–Kier alpha value is -2.83. The number of H-pyrrole nitrogens is 1. The number of aryl methyl sites for hydroxylation is 1. The van der Waals surface area contributed by atoms with Gasteiger partial charge in [-0.2, -0.15) is 5.10 Å². The lowest BCUT2D eigenvalue weighted by atomic mass is 10.2. The van der Waals surface area contributed by atoms with Crippen LogP contribution in [0.5, 0.6) is 5.75 Å². The van der Waals surface area contributed by atoms with E-state index in [4.69, 9.17) is 4.74 Å². The zero-order chi connectivity index (χ0) is 18.5. The van der Waals surface area contributed by atoms with E-state index in [9.17, 15) is 9.59 Å². The first kappa shape index (κ1) is 18.0. The molecule has 0 spiro atoms. The molecule has 1 aromatic carbocycles. The van der Waals surface area contributed by atoms with E-state index < -0.39 is 0 Å². The first-order valence-electron chi connectivity index (χ1n) is 8.90. The molecular weight excluding hydrogens is 332 g/mol. The molecule has 1 aliphatic heterocycles. The van der Waals surface area contributed by atoms with E-state index in [2.05, 4.69) is 22.4 Å². The van der Waals surface area contributed by atoms with Crippen molar-refractivity contribution in [1.82, 2.24) is 15.5 Å². The standard InChI is InChI=1S/C19H24N4O3/c1-3-4-6-13-9-17(22-21-13)19(25)20-14-10-18(24)23(12-14)15-7-5-8-16(11-15)26-2/h5,7-9,11,14H,3-4,6,10,12H2,1-2H3,(H,20,25)(H,21,22)/t14-/m0/s1. The lowest BCUT2D eigenvalue weighted by Crippen LogP contribution is -2.37. The maximum absolute atomic E-state index is 12.4. The summed E-state index contributed by atoms with van der Waals surface area (Å²) in [5.41, 5.74) is 2.09. The molecule has 1 atom stereocenters. The minimum atomic E-state index is -0.255. The fourth-order valence-electron chi connectivity index (χ4n) is 3.06. The normalized spacial score (nSPS) is 16.8. The molecule has 7 nitrogen and oxygen atoms in total. The quantitative estimate of drug-likeness (QED) is 0.797. The first-order valence-corrected chi connectivity index (χ1v) is 8.90. The topological polar surface area (TPSA) is 87.3 Å². The van der Waals surface area contributed by atoms with Gasteiger partial charge < -0.3 is 15.0 Å². The molecule has 1 aromatic heterocycles. The van der Waals surface area contributed by atoms with Crippen LogP contribution in [0, 0.1) is 0 Å². The zero-order valence-corrected chi connectivity index (χ0v) is 15.1. The van der Waals surface area contributed by atoms with Gasteiger partial charge >= 0.3 is 0 Å². The number of carbonyl (C=O) groups excluding carboxylic acids is 2. The fraction of sp³-hybridized carbons (Fsp3) is 0.421. The molecule has 1 saturated heterocycles. The van der Waals surface area contributed by atoms with Crippen molar-refractivity contribution in [3.8, 4) is 5.75 Å². The number of nitrogens with one attached hydrogen (secondary N) is 2. The Bertz CT molecular complexity index is 787. The Labute approximate surface area is 152 Å². The molecule has 0 radical (unpaired) electrons. The van der Waals surface area contributed by atoms with Gasteiger partial charge in [-0.05, 0) is 31.0 Å². The molecule has 0 saturated carbocycles. The van der Waals surface area contributed by atoms with Gasteiger partial charge in [0.25, 0.3) is 5.91 Å². The van der Waals surface area contributed by atoms with Crippen molar-refractivity contribution in [2.24, 2.45) is 0 Å². The van der Waals surface area contributed by atoms with Gasteiger partial charge in [-0.15, -0.1) is 0 Å². The summed E-state index contributed by atoms with van der Waals surface area (Å²) >= 11 is 0. The summed E-state index contributed by atoms with van der Waals surface area (Å²) in [4.78, 5) is 26.4. The highest BCUT2D eigenvalue weighted by atomic mass is 16.5. The maximum Gasteiger partial charge on any atom is 0.272 e. The van der Waals surface area contributed by atoms with Crippen LogP contribution < -0.4 is 15.0 Å². The number of nitrogens with zero attached hydrogens (tertiary/aromatic N) is 2. The number of hydrogen-bond acceptors (Lipinski definition) is 4. The molecule has 2 N–H and O–H groups in total. The van der Waals surface area contributed by atoms with Crippen molar-refractivity contribution in [2.75, 3.05) is 18.6 Å². The number of aromatic amines is 1. The van der Waals surface area contributed by atoms with E-state index in [1.165, 1.54) is 0 Å². The summed E-state index contributed by atoms with van der Waals surface area (Å²) in [6.45, 7) is 2.56. The van der Waals surface area contributed by atoms with Gasteiger partial charge in [0.2, 0.25) is 5.91 Å². The van der Waals surface area contributed by atoms with Crippen LogP contribution in [0.3, 0.4) is 0 Å². The number of rotatable bonds is 7. The van der Waals surface area contributed by atoms with Crippen LogP contribution in [0.1, 0.15) is 42.4 Å². The van der Waals surface area contributed by atoms with Gasteiger partial charge in [-0.25, -0.2) is 0 Å². The Balaban J connectivity index is 1.61. The molecule has 2 heterocycles. The highest BCUT2D eigenvalue weighted by Gasteiger charge is 2.32. The van der Waals surface area contributed by atoms with Gasteiger partial charge in [0.1, 0.15) is 11.4 Å². The molecule has 1 fully saturated rings. The summed E-state index contributed by atoms with van der Waals surface area (Å²) in [5.74, 6) is 0.419.